The van der Waals surface area contributed by atoms with Gasteiger partial charge in [-0.1, -0.05) is 19.1 Å². The zero-order valence-corrected chi connectivity index (χ0v) is 14.1. The summed E-state index contributed by atoms with van der Waals surface area (Å²) in [5.41, 5.74) is 6.54. The van der Waals surface area contributed by atoms with E-state index < -0.39 is 22.0 Å². The van der Waals surface area contributed by atoms with E-state index in [1.165, 1.54) is 0 Å². The van der Waals surface area contributed by atoms with Crippen LogP contribution in [0.3, 0.4) is 0 Å². The van der Waals surface area contributed by atoms with E-state index >= 15 is 0 Å². The van der Waals surface area contributed by atoms with Crippen LogP contribution < -0.4 is 10.5 Å². The Labute approximate surface area is 134 Å². The largest absolute Gasteiger partial charge is 0.320 e. The maximum absolute atomic E-state index is 12.1. The third-order valence-electron chi connectivity index (χ3n) is 3.66. The number of aromatic nitrogens is 1. The van der Waals surface area contributed by atoms with Crippen LogP contribution in [0.1, 0.15) is 38.3 Å². The normalized spacial score (nSPS) is 19.8. The van der Waals surface area contributed by atoms with E-state index in [0.717, 1.165) is 30.6 Å². The molecule has 0 radical (unpaired) electrons. The zero-order valence-electron chi connectivity index (χ0n) is 12.5. The molecule has 0 aliphatic heterocycles. The van der Waals surface area contributed by atoms with Crippen molar-refractivity contribution in [2.75, 3.05) is 0 Å². The number of rotatable bonds is 6. The number of nitrogens with one attached hydrogen (secondary N) is 1. The number of aryl methyl sites for hydroxylation is 1. The van der Waals surface area contributed by atoms with E-state index in [9.17, 15) is 13.2 Å². The third-order valence-corrected chi connectivity index (χ3v) is 6.31. The van der Waals surface area contributed by atoms with Crippen molar-refractivity contribution >= 4 is 27.3 Å². The summed E-state index contributed by atoms with van der Waals surface area (Å²) in [5.74, 6) is -0.331. The fourth-order valence-corrected chi connectivity index (χ4v) is 4.51. The molecule has 8 heteroatoms. The maximum Gasteiger partial charge on any atom is 0.291 e. The lowest BCUT2D eigenvalue weighted by Gasteiger charge is -2.20. The SMILES string of the molecule is CCc1csc(S(=O)(=O)NC(=O)C(N)CC2CC=CCC2)n1. The Balaban J connectivity index is 1.96. The second kappa shape index (κ2) is 7.34. The molecule has 3 N–H and O–H groups in total. The Morgan fingerprint density at radius 1 is 1.55 bits per heavy atom. The van der Waals surface area contributed by atoms with Crippen LogP contribution >= 0.6 is 11.3 Å². The van der Waals surface area contributed by atoms with Gasteiger partial charge >= 0.3 is 0 Å². The monoisotopic (exact) mass is 343 g/mol. The number of nitrogens with two attached hydrogens (primary N) is 1. The zero-order chi connectivity index (χ0) is 16.2. The number of carbonyl (C=O) groups is 1. The first kappa shape index (κ1) is 17.1. The van der Waals surface area contributed by atoms with E-state index in [1.54, 1.807) is 5.38 Å². The smallest absolute Gasteiger partial charge is 0.291 e. The van der Waals surface area contributed by atoms with E-state index in [0.29, 0.717) is 24.5 Å². The topological polar surface area (TPSA) is 102 Å². The molecule has 0 spiro atoms. The van der Waals surface area contributed by atoms with Gasteiger partial charge in [0.25, 0.3) is 15.9 Å². The van der Waals surface area contributed by atoms with Crippen molar-refractivity contribution in [2.45, 2.75) is 49.4 Å². The quantitative estimate of drug-likeness (QED) is 0.764. The van der Waals surface area contributed by atoms with Crippen LogP contribution in [-0.4, -0.2) is 25.4 Å². The first-order chi connectivity index (χ1) is 10.4. The molecule has 2 unspecified atom stereocenters. The minimum absolute atomic E-state index is 0.0921. The number of amides is 1. The highest BCUT2D eigenvalue weighted by atomic mass is 32.2. The molecular formula is C14H21N3O3S2. The van der Waals surface area contributed by atoms with Crippen molar-refractivity contribution in [3.63, 3.8) is 0 Å². The van der Waals surface area contributed by atoms with Gasteiger partial charge in [0.1, 0.15) is 0 Å². The highest BCUT2D eigenvalue weighted by Gasteiger charge is 2.26. The van der Waals surface area contributed by atoms with E-state index in [2.05, 4.69) is 17.1 Å². The molecule has 6 nitrogen and oxygen atoms in total. The summed E-state index contributed by atoms with van der Waals surface area (Å²) in [6, 6.07) is -0.822. The van der Waals surface area contributed by atoms with Gasteiger partial charge in [0.2, 0.25) is 4.34 Å². The van der Waals surface area contributed by atoms with Gasteiger partial charge in [0.05, 0.1) is 11.7 Å². The van der Waals surface area contributed by atoms with E-state index in [4.69, 9.17) is 5.73 Å². The highest BCUT2D eigenvalue weighted by molar-refractivity contribution is 7.92. The summed E-state index contributed by atoms with van der Waals surface area (Å²) in [6.45, 7) is 1.89. The number of nitrogens with zero attached hydrogens (tertiary/aromatic N) is 1. The molecule has 0 bridgehead atoms. The first-order valence-electron chi connectivity index (χ1n) is 7.34. The molecule has 0 fully saturated rings. The second-order valence-corrected chi connectivity index (χ2v) is 8.13. The maximum atomic E-state index is 12.1. The lowest BCUT2D eigenvalue weighted by molar-refractivity contribution is -0.121. The molecule has 0 saturated carbocycles. The predicted octanol–water partition coefficient (Wildman–Crippen LogP) is 1.58. The molecule has 2 atom stereocenters. The molecule has 1 heterocycles. The predicted molar refractivity (Wildman–Crippen MR) is 85.9 cm³/mol. The molecule has 0 saturated heterocycles. The van der Waals surface area contributed by atoms with E-state index in [1.807, 2.05) is 11.6 Å². The molecular weight excluding hydrogens is 322 g/mol. The second-order valence-electron chi connectivity index (χ2n) is 5.42. The highest BCUT2D eigenvalue weighted by Crippen LogP contribution is 2.22. The fourth-order valence-electron chi connectivity index (χ4n) is 2.36. The summed E-state index contributed by atoms with van der Waals surface area (Å²) in [7, 11) is -3.92. The number of thiazole rings is 1. The van der Waals surface area contributed by atoms with Gasteiger partial charge in [-0.2, -0.15) is 8.42 Å². The lowest BCUT2D eigenvalue weighted by Crippen LogP contribution is -2.44. The van der Waals surface area contributed by atoms with Crippen molar-refractivity contribution in [1.82, 2.24) is 9.71 Å². The van der Waals surface area contributed by atoms with Crippen molar-refractivity contribution < 1.29 is 13.2 Å². The van der Waals surface area contributed by atoms with Crippen molar-refractivity contribution in [3.8, 4) is 0 Å². The average Bonchev–Trinajstić information content (AvgIpc) is 2.97. The Bertz CT molecular complexity index is 652. The summed E-state index contributed by atoms with van der Waals surface area (Å²) in [6.07, 6.45) is 8.18. The Kier molecular flexibility index (Phi) is 5.71. The fraction of sp³-hybridized carbons (Fsp3) is 0.571. The Morgan fingerprint density at radius 3 is 2.91 bits per heavy atom. The average molecular weight is 343 g/mol. The molecule has 122 valence electrons. The molecule has 1 aromatic heterocycles. The van der Waals surface area contributed by atoms with Crippen LogP contribution in [0.4, 0.5) is 0 Å². The van der Waals surface area contributed by atoms with Crippen LogP contribution in [0.2, 0.25) is 0 Å². The van der Waals surface area contributed by atoms with E-state index in [-0.39, 0.29) is 4.34 Å². The molecule has 22 heavy (non-hydrogen) atoms. The lowest BCUT2D eigenvalue weighted by atomic mass is 9.89. The summed E-state index contributed by atoms with van der Waals surface area (Å²) >= 11 is 1.01. The molecule has 0 aromatic carbocycles. The number of hydrogen-bond donors (Lipinski definition) is 2. The minimum atomic E-state index is -3.92. The minimum Gasteiger partial charge on any atom is -0.320 e. The van der Waals surface area contributed by atoms with Gasteiger partial charge in [-0.05, 0) is 38.0 Å². The standard InChI is InChI=1S/C14H21N3O3S2/c1-2-11-9-21-14(16-11)22(19,20)17-13(18)12(15)8-10-6-4-3-5-7-10/h3-4,9-10,12H,2,5-8,15H2,1H3,(H,17,18). The number of sulfonamides is 1. The van der Waals surface area contributed by atoms with Crippen LogP contribution in [-0.2, 0) is 21.2 Å². The summed E-state index contributed by atoms with van der Waals surface area (Å²) in [4.78, 5) is 16.0. The Morgan fingerprint density at radius 2 is 2.32 bits per heavy atom. The summed E-state index contributed by atoms with van der Waals surface area (Å²) in [5, 5.41) is 1.67. The third kappa shape index (κ3) is 4.37. The Hall–Kier alpha value is -1.25. The van der Waals surface area contributed by atoms with Gasteiger partial charge in [0, 0.05) is 5.38 Å². The van der Waals surface area contributed by atoms with Crippen LogP contribution in [0.15, 0.2) is 21.9 Å². The van der Waals surface area contributed by atoms with Gasteiger partial charge in [-0.3, -0.25) is 4.79 Å². The molecule has 1 aromatic rings. The van der Waals surface area contributed by atoms with Crippen molar-refractivity contribution in [3.05, 3.63) is 23.2 Å². The molecule has 1 aliphatic carbocycles. The van der Waals surface area contributed by atoms with Crippen LogP contribution in [0.25, 0.3) is 0 Å². The molecule has 1 amide bonds. The van der Waals surface area contributed by atoms with Gasteiger partial charge < -0.3 is 5.73 Å². The summed E-state index contributed by atoms with van der Waals surface area (Å²) < 4.78 is 26.2. The number of carbonyl (C=O) groups excluding carboxylic acids is 1. The molecule has 1 aliphatic rings. The first-order valence-corrected chi connectivity index (χ1v) is 9.70. The van der Waals surface area contributed by atoms with Crippen LogP contribution in [0.5, 0.6) is 0 Å². The number of hydrogen-bond acceptors (Lipinski definition) is 6. The van der Waals surface area contributed by atoms with Crippen LogP contribution in [0, 0.1) is 5.92 Å². The number of allylic oxidation sites excluding steroid dienone is 2. The van der Waals surface area contributed by atoms with Gasteiger partial charge in [-0.25, -0.2) is 9.71 Å². The van der Waals surface area contributed by atoms with Gasteiger partial charge in [-0.15, -0.1) is 11.3 Å². The van der Waals surface area contributed by atoms with Crippen molar-refractivity contribution in [2.24, 2.45) is 11.7 Å². The van der Waals surface area contributed by atoms with Gasteiger partial charge in [0.15, 0.2) is 0 Å². The van der Waals surface area contributed by atoms with Crippen molar-refractivity contribution in [1.29, 1.82) is 0 Å². The molecule has 2 rings (SSSR count).